The molecule has 0 saturated heterocycles. The van der Waals surface area contributed by atoms with Crippen LogP contribution < -0.4 is 14.8 Å². The molecule has 8 heteroatoms. The molecule has 0 saturated carbocycles. The van der Waals surface area contributed by atoms with E-state index in [1.54, 1.807) is 6.07 Å². The van der Waals surface area contributed by atoms with E-state index in [9.17, 15) is 23.1 Å². The van der Waals surface area contributed by atoms with E-state index in [-0.39, 0.29) is 23.8 Å². The summed E-state index contributed by atoms with van der Waals surface area (Å²) < 4.78 is 50.6. The molecule has 0 aliphatic rings. The smallest absolute Gasteiger partial charge is 0.416 e. The molecule has 5 aromatic rings. The number of nitrogens with one attached hydrogen (secondary N) is 1. The van der Waals surface area contributed by atoms with Crippen LogP contribution in [-0.4, -0.2) is 11.1 Å². The monoisotopic (exact) mass is 623 g/mol. The maximum absolute atomic E-state index is 13.0. The zero-order chi connectivity index (χ0) is 32.8. The Hall–Kier alpha value is -5.50. The van der Waals surface area contributed by atoms with Crippen molar-refractivity contribution in [2.45, 2.75) is 32.5 Å². The Labute approximate surface area is 265 Å². The van der Waals surface area contributed by atoms with Gasteiger partial charge in [-0.2, -0.15) is 13.2 Å². The molecular weight excluding hydrogens is 591 g/mol. The largest absolute Gasteiger partial charge is 0.489 e. The van der Waals surface area contributed by atoms with Crippen LogP contribution in [0, 0.1) is 0 Å². The van der Waals surface area contributed by atoms with Gasteiger partial charge in [0.2, 0.25) is 0 Å². The molecule has 46 heavy (non-hydrogen) atoms. The predicted molar refractivity (Wildman–Crippen MR) is 174 cm³/mol. The molecule has 5 aromatic carbocycles. The first-order valence-electron chi connectivity index (χ1n) is 14.6. The average Bonchev–Trinajstić information content (AvgIpc) is 3.04. The standard InChI is InChI=1S/C38H32F3NO4/c1-24(2)33-22-36(42-25(3)27-16-18-31(19-17-27)46-30-9-5-4-6-10-30)35(37(43)44)21-34(33)28-14-12-26(13-15-28)23-45-32-11-7-8-29(20-32)38(39,40)41/h4-22,24,42H,3,23H2,1-2H3,(H,43,44). The van der Waals surface area contributed by atoms with Gasteiger partial charge in [0, 0.05) is 5.70 Å². The third-order valence-corrected chi connectivity index (χ3v) is 7.34. The second-order valence-corrected chi connectivity index (χ2v) is 11.0. The number of benzene rings is 5. The molecule has 0 fully saturated rings. The number of aromatic carboxylic acids is 1. The summed E-state index contributed by atoms with van der Waals surface area (Å²) in [6, 6.07) is 32.3. The van der Waals surface area contributed by atoms with Crippen molar-refractivity contribution >= 4 is 17.4 Å². The normalized spacial score (nSPS) is 11.3. The van der Waals surface area contributed by atoms with Gasteiger partial charge in [-0.25, -0.2) is 4.79 Å². The number of alkyl halides is 3. The van der Waals surface area contributed by atoms with E-state index in [1.807, 2.05) is 98.8 Å². The van der Waals surface area contributed by atoms with Crippen molar-refractivity contribution < 1.29 is 32.5 Å². The highest BCUT2D eigenvalue weighted by Crippen LogP contribution is 2.36. The van der Waals surface area contributed by atoms with E-state index in [1.165, 1.54) is 12.1 Å². The Kier molecular flexibility index (Phi) is 9.47. The highest BCUT2D eigenvalue weighted by Gasteiger charge is 2.30. The van der Waals surface area contributed by atoms with E-state index in [0.29, 0.717) is 17.1 Å². The number of para-hydroxylation sites is 1. The van der Waals surface area contributed by atoms with Gasteiger partial charge in [-0.1, -0.05) is 69.0 Å². The Morgan fingerprint density at radius 1 is 0.826 bits per heavy atom. The number of carboxylic acids is 1. The number of hydrogen-bond donors (Lipinski definition) is 2. The van der Waals surface area contributed by atoms with Crippen LogP contribution in [0.3, 0.4) is 0 Å². The Morgan fingerprint density at radius 2 is 1.48 bits per heavy atom. The van der Waals surface area contributed by atoms with Crippen molar-refractivity contribution in [2.75, 3.05) is 5.32 Å². The summed E-state index contributed by atoms with van der Waals surface area (Å²) in [6.45, 7) is 8.27. The molecule has 0 aliphatic heterocycles. The number of anilines is 1. The molecule has 0 aromatic heterocycles. The van der Waals surface area contributed by atoms with E-state index in [0.717, 1.165) is 45.7 Å². The van der Waals surface area contributed by atoms with Crippen LogP contribution in [-0.2, 0) is 12.8 Å². The fourth-order valence-corrected chi connectivity index (χ4v) is 4.92. The van der Waals surface area contributed by atoms with Crippen molar-refractivity contribution in [2.24, 2.45) is 0 Å². The molecule has 0 spiro atoms. The lowest BCUT2D eigenvalue weighted by Gasteiger charge is -2.20. The molecule has 2 N–H and O–H groups in total. The number of rotatable bonds is 11. The highest BCUT2D eigenvalue weighted by molar-refractivity contribution is 5.98. The van der Waals surface area contributed by atoms with Crippen LogP contribution in [0.15, 0.2) is 122 Å². The fourth-order valence-electron chi connectivity index (χ4n) is 4.92. The maximum atomic E-state index is 13.0. The number of ether oxygens (including phenoxy) is 2. The van der Waals surface area contributed by atoms with E-state index in [4.69, 9.17) is 9.47 Å². The summed E-state index contributed by atoms with van der Waals surface area (Å²) in [4.78, 5) is 12.4. The Morgan fingerprint density at radius 3 is 2.11 bits per heavy atom. The maximum Gasteiger partial charge on any atom is 0.416 e. The minimum atomic E-state index is -4.45. The molecule has 234 valence electrons. The third kappa shape index (κ3) is 7.77. The zero-order valence-corrected chi connectivity index (χ0v) is 25.3. The molecule has 0 unspecified atom stereocenters. The van der Waals surface area contributed by atoms with Crippen LogP contribution in [0.25, 0.3) is 16.8 Å². The Bertz CT molecular complexity index is 1830. The van der Waals surface area contributed by atoms with E-state index >= 15 is 0 Å². The van der Waals surface area contributed by atoms with Gasteiger partial charge in [-0.3, -0.25) is 0 Å². The van der Waals surface area contributed by atoms with Gasteiger partial charge in [0.05, 0.1) is 16.8 Å². The predicted octanol–water partition coefficient (Wildman–Crippen LogP) is 10.6. The van der Waals surface area contributed by atoms with Crippen molar-refractivity contribution in [1.82, 2.24) is 0 Å². The van der Waals surface area contributed by atoms with Crippen molar-refractivity contribution in [3.63, 3.8) is 0 Å². The van der Waals surface area contributed by atoms with Gasteiger partial charge in [0.25, 0.3) is 0 Å². The molecule has 0 aliphatic carbocycles. The summed E-state index contributed by atoms with van der Waals surface area (Å²) in [5, 5.41) is 13.3. The summed E-state index contributed by atoms with van der Waals surface area (Å²) >= 11 is 0. The number of hydrogen-bond acceptors (Lipinski definition) is 4. The number of carboxylic acid groups (broad SMARTS) is 1. The van der Waals surface area contributed by atoms with Gasteiger partial charge in [-0.05, 0) is 100 Å². The van der Waals surface area contributed by atoms with E-state index < -0.39 is 17.7 Å². The lowest BCUT2D eigenvalue weighted by Crippen LogP contribution is -2.08. The van der Waals surface area contributed by atoms with Crippen molar-refractivity contribution in [3.05, 3.63) is 150 Å². The molecule has 0 radical (unpaired) electrons. The number of carbonyl (C=O) groups is 1. The van der Waals surface area contributed by atoms with Gasteiger partial charge in [0.15, 0.2) is 0 Å². The third-order valence-electron chi connectivity index (χ3n) is 7.34. The molecule has 0 bridgehead atoms. The van der Waals surface area contributed by atoms with Gasteiger partial charge >= 0.3 is 12.1 Å². The summed E-state index contributed by atoms with van der Waals surface area (Å²) in [5.41, 5.74) is 4.27. The van der Waals surface area contributed by atoms with Crippen molar-refractivity contribution in [1.29, 1.82) is 0 Å². The highest BCUT2D eigenvalue weighted by atomic mass is 19.4. The second kappa shape index (κ2) is 13.6. The first-order chi connectivity index (χ1) is 22.0. The van der Waals surface area contributed by atoms with Gasteiger partial charge in [-0.15, -0.1) is 0 Å². The molecule has 0 atom stereocenters. The molecule has 0 amide bonds. The van der Waals surface area contributed by atoms with Crippen LogP contribution in [0.4, 0.5) is 18.9 Å². The first-order valence-corrected chi connectivity index (χ1v) is 14.6. The van der Waals surface area contributed by atoms with Crippen LogP contribution in [0.2, 0.25) is 0 Å². The van der Waals surface area contributed by atoms with Crippen LogP contribution in [0.1, 0.15) is 52.4 Å². The average molecular weight is 624 g/mol. The van der Waals surface area contributed by atoms with Crippen molar-refractivity contribution in [3.8, 4) is 28.4 Å². The summed E-state index contributed by atoms with van der Waals surface area (Å²) in [5.74, 6) is 0.467. The zero-order valence-electron chi connectivity index (χ0n) is 25.3. The number of halogens is 3. The topological polar surface area (TPSA) is 67.8 Å². The van der Waals surface area contributed by atoms with E-state index in [2.05, 4.69) is 11.9 Å². The Balaban J connectivity index is 1.34. The first kappa shape index (κ1) is 31.9. The fraction of sp³-hybridized carbons (Fsp3) is 0.132. The molecule has 0 heterocycles. The van der Waals surface area contributed by atoms with Crippen LogP contribution >= 0.6 is 0 Å². The second-order valence-electron chi connectivity index (χ2n) is 11.0. The van der Waals surface area contributed by atoms with Gasteiger partial charge < -0.3 is 19.9 Å². The molecule has 5 rings (SSSR count). The summed E-state index contributed by atoms with van der Waals surface area (Å²) in [7, 11) is 0. The van der Waals surface area contributed by atoms with Crippen LogP contribution in [0.5, 0.6) is 17.2 Å². The molecule has 5 nitrogen and oxygen atoms in total. The SMILES string of the molecule is C=C(Nc1cc(C(C)C)c(-c2ccc(COc3cccc(C(F)(F)F)c3)cc2)cc1C(=O)O)c1ccc(Oc2ccccc2)cc1. The lowest BCUT2D eigenvalue weighted by atomic mass is 9.89. The summed E-state index contributed by atoms with van der Waals surface area (Å²) in [6.07, 6.45) is -4.45. The molecular formula is C38H32F3NO4. The minimum absolute atomic E-state index is 0.0602. The minimum Gasteiger partial charge on any atom is -0.489 e. The quantitative estimate of drug-likeness (QED) is 0.153. The lowest BCUT2D eigenvalue weighted by molar-refractivity contribution is -0.137. The van der Waals surface area contributed by atoms with Gasteiger partial charge in [0.1, 0.15) is 23.9 Å².